The van der Waals surface area contributed by atoms with E-state index in [4.69, 9.17) is 22.7 Å². The molecule has 1 saturated heterocycles. The van der Waals surface area contributed by atoms with E-state index < -0.39 is 5.82 Å². The molecule has 0 saturated carbocycles. The number of allylic oxidation sites excluding steroid dienone is 1. The van der Waals surface area contributed by atoms with Crippen LogP contribution in [0.1, 0.15) is 25.1 Å². The summed E-state index contributed by atoms with van der Waals surface area (Å²) in [7, 11) is 0. The van der Waals surface area contributed by atoms with Gasteiger partial charge < -0.3 is 21.3 Å². The Kier molecular flexibility index (Phi) is 7.28. The van der Waals surface area contributed by atoms with Gasteiger partial charge in [0.05, 0.1) is 34.3 Å². The first-order valence-corrected chi connectivity index (χ1v) is 11.7. The summed E-state index contributed by atoms with van der Waals surface area (Å²) in [6.45, 7) is 5.73. The maximum absolute atomic E-state index is 14.4. The Balaban J connectivity index is 1.62. The van der Waals surface area contributed by atoms with Crippen LogP contribution in [0.5, 0.6) is 0 Å². The number of nitrogens with one attached hydrogen (secondary N) is 3. The van der Waals surface area contributed by atoms with E-state index in [1.807, 2.05) is 19.9 Å². The maximum Gasteiger partial charge on any atom is 0.239 e. The highest BCUT2D eigenvalue weighted by Gasteiger charge is 2.26. The van der Waals surface area contributed by atoms with Gasteiger partial charge in [0.25, 0.3) is 0 Å². The number of rotatable bonds is 6. The van der Waals surface area contributed by atoms with Gasteiger partial charge in [-0.25, -0.2) is 9.37 Å². The van der Waals surface area contributed by atoms with Crippen LogP contribution in [0, 0.1) is 11.2 Å². The van der Waals surface area contributed by atoms with Gasteiger partial charge in [-0.2, -0.15) is 0 Å². The molecule has 1 atom stereocenters. The summed E-state index contributed by atoms with van der Waals surface area (Å²) in [4.78, 5) is 23.8. The highest BCUT2D eigenvalue weighted by atomic mass is 35.5. The maximum atomic E-state index is 14.4. The van der Waals surface area contributed by atoms with Crippen molar-refractivity contribution in [3.63, 3.8) is 0 Å². The van der Waals surface area contributed by atoms with Crippen LogP contribution >= 0.6 is 11.6 Å². The quantitative estimate of drug-likeness (QED) is 0.390. The molecule has 0 aliphatic carbocycles. The van der Waals surface area contributed by atoms with E-state index in [1.165, 1.54) is 24.4 Å². The molecule has 2 aromatic heterocycles. The summed E-state index contributed by atoms with van der Waals surface area (Å²) < 4.78 is 14.4. The van der Waals surface area contributed by atoms with Crippen LogP contribution in [0.3, 0.4) is 0 Å². The summed E-state index contributed by atoms with van der Waals surface area (Å²) in [5.41, 5.74) is 8.53. The fourth-order valence-corrected chi connectivity index (χ4v) is 4.17. The Hall–Kier alpha value is -3.56. The molecule has 0 bridgehead atoms. The third-order valence-electron chi connectivity index (χ3n) is 5.72. The molecular weight excluding hydrogens is 469 g/mol. The van der Waals surface area contributed by atoms with Gasteiger partial charge in [-0.3, -0.25) is 15.2 Å². The summed E-state index contributed by atoms with van der Waals surface area (Å²) in [6.07, 6.45) is 3.00. The van der Waals surface area contributed by atoms with Crippen LogP contribution in [0.2, 0.25) is 5.02 Å². The van der Waals surface area contributed by atoms with Gasteiger partial charge in [-0.15, -0.1) is 0 Å². The number of carbonyl (C=O) groups is 1. The van der Waals surface area contributed by atoms with E-state index in [0.717, 1.165) is 5.69 Å². The molecule has 1 aliphatic rings. The van der Waals surface area contributed by atoms with Crippen LogP contribution in [-0.2, 0) is 4.79 Å². The standard InChI is InChI=1S/C25H27ClFN7O/c1-14(2)32-25(35)23-13-34(8-7-30-23)16-10-22-21(31-12-16)6-5-20(33-22)18(11-28)24(29)17-9-15(26)3-4-19(17)27/h3-6,9-12,14,23,29-30H,7-8,13,28H2,1-2H3,(H,32,35)/b18-11-,29-24?. The van der Waals surface area contributed by atoms with Crippen LogP contribution in [0.15, 0.2) is 48.8 Å². The van der Waals surface area contributed by atoms with Gasteiger partial charge in [0, 0.05) is 48.0 Å². The average Bonchev–Trinajstić information content (AvgIpc) is 2.85. The molecule has 4 rings (SSSR count). The lowest BCUT2D eigenvalue weighted by Crippen LogP contribution is -2.58. The van der Waals surface area contributed by atoms with Crippen LogP contribution in [0.25, 0.3) is 16.6 Å². The second-order valence-electron chi connectivity index (χ2n) is 8.62. The smallest absolute Gasteiger partial charge is 0.239 e. The van der Waals surface area contributed by atoms with Crippen molar-refractivity contribution in [2.24, 2.45) is 5.73 Å². The Bertz CT molecular complexity index is 1310. The minimum atomic E-state index is -0.571. The van der Waals surface area contributed by atoms with Crippen LogP contribution in [0.4, 0.5) is 10.1 Å². The van der Waals surface area contributed by atoms with E-state index in [-0.39, 0.29) is 34.8 Å². The number of fused-ring (bicyclic) bond motifs is 1. The van der Waals surface area contributed by atoms with Crippen molar-refractivity contribution in [1.29, 1.82) is 5.41 Å². The van der Waals surface area contributed by atoms with Crippen molar-refractivity contribution < 1.29 is 9.18 Å². The van der Waals surface area contributed by atoms with E-state index >= 15 is 0 Å². The number of hydrogen-bond donors (Lipinski definition) is 4. The fraction of sp³-hybridized carbons (Fsp3) is 0.280. The number of amides is 1. The third-order valence-corrected chi connectivity index (χ3v) is 5.96. The number of piperazine rings is 1. The predicted molar refractivity (Wildman–Crippen MR) is 137 cm³/mol. The SMILES string of the molecule is CC(C)NC(=O)C1CN(c2cnc3ccc(/C(=C/N)C(=N)c4cc(Cl)ccc4F)nc3c2)CCN1. The number of nitrogens with zero attached hydrogens (tertiary/aromatic N) is 3. The first-order chi connectivity index (χ1) is 16.8. The van der Waals surface area contributed by atoms with Gasteiger partial charge in [0.15, 0.2) is 0 Å². The van der Waals surface area contributed by atoms with Gasteiger partial charge in [0.1, 0.15) is 11.9 Å². The van der Waals surface area contributed by atoms with Gasteiger partial charge in [0.2, 0.25) is 5.91 Å². The molecule has 1 unspecified atom stereocenters. The molecule has 1 aliphatic heterocycles. The summed E-state index contributed by atoms with van der Waals surface area (Å²) in [6, 6.07) is 9.13. The van der Waals surface area contributed by atoms with Crippen molar-refractivity contribution in [1.82, 2.24) is 20.6 Å². The van der Waals surface area contributed by atoms with E-state index in [1.54, 1.807) is 18.3 Å². The zero-order valence-corrected chi connectivity index (χ0v) is 20.2. The molecule has 1 aromatic carbocycles. The van der Waals surface area contributed by atoms with Crippen molar-refractivity contribution in [3.05, 3.63) is 70.9 Å². The second-order valence-corrected chi connectivity index (χ2v) is 9.06. The Morgan fingerprint density at radius 3 is 2.86 bits per heavy atom. The molecule has 10 heteroatoms. The lowest BCUT2D eigenvalue weighted by atomic mass is 9.99. The molecule has 8 nitrogen and oxygen atoms in total. The molecule has 35 heavy (non-hydrogen) atoms. The Morgan fingerprint density at radius 2 is 2.11 bits per heavy atom. The minimum absolute atomic E-state index is 0.0366. The van der Waals surface area contributed by atoms with E-state index in [9.17, 15) is 9.18 Å². The molecule has 1 fully saturated rings. The number of carbonyl (C=O) groups excluding carboxylic acids is 1. The average molecular weight is 496 g/mol. The molecule has 0 radical (unpaired) electrons. The van der Waals surface area contributed by atoms with Gasteiger partial charge >= 0.3 is 0 Å². The number of anilines is 1. The van der Waals surface area contributed by atoms with Crippen LogP contribution < -0.4 is 21.3 Å². The highest BCUT2D eigenvalue weighted by molar-refractivity contribution is 6.33. The number of benzene rings is 1. The number of aromatic nitrogens is 2. The lowest BCUT2D eigenvalue weighted by Gasteiger charge is -2.34. The van der Waals surface area contributed by atoms with Crippen molar-refractivity contribution in [2.75, 3.05) is 24.5 Å². The molecule has 3 heterocycles. The fourth-order valence-electron chi connectivity index (χ4n) is 4.00. The molecule has 3 aromatic rings. The van der Waals surface area contributed by atoms with Crippen molar-refractivity contribution >= 4 is 45.5 Å². The van der Waals surface area contributed by atoms with Crippen LogP contribution in [-0.4, -0.2) is 53.3 Å². The summed E-state index contributed by atoms with van der Waals surface area (Å²) >= 11 is 6.01. The third kappa shape index (κ3) is 5.41. The molecule has 5 N–H and O–H groups in total. The predicted octanol–water partition coefficient (Wildman–Crippen LogP) is 3.09. The zero-order valence-electron chi connectivity index (χ0n) is 19.5. The highest BCUT2D eigenvalue weighted by Crippen LogP contribution is 2.25. The normalized spacial score (nSPS) is 16.5. The zero-order chi connectivity index (χ0) is 25.1. The molecule has 182 valence electrons. The van der Waals surface area contributed by atoms with Gasteiger partial charge in [-0.1, -0.05) is 11.6 Å². The minimum Gasteiger partial charge on any atom is -0.404 e. The van der Waals surface area contributed by atoms with E-state index in [0.29, 0.717) is 41.4 Å². The first kappa shape index (κ1) is 24.6. The Morgan fingerprint density at radius 1 is 1.31 bits per heavy atom. The molecule has 0 spiro atoms. The Labute approximate surface area is 207 Å². The van der Waals surface area contributed by atoms with Crippen molar-refractivity contribution in [3.8, 4) is 0 Å². The lowest BCUT2D eigenvalue weighted by molar-refractivity contribution is -0.123. The second kappa shape index (κ2) is 10.4. The van der Waals surface area contributed by atoms with Crippen molar-refractivity contribution in [2.45, 2.75) is 25.9 Å². The molecule has 1 amide bonds. The summed E-state index contributed by atoms with van der Waals surface area (Å²) in [5, 5.41) is 15.0. The number of hydrogen-bond acceptors (Lipinski definition) is 7. The number of nitrogens with two attached hydrogens (primary N) is 1. The van der Waals surface area contributed by atoms with E-state index in [2.05, 4.69) is 25.5 Å². The topological polar surface area (TPSA) is 120 Å². The van der Waals surface area contributed by atoms with Gasteiger partial charge in [-0.05, 0) is 50.2 Å². The largest absolute Gasteiger partial charge is 0.404 e. The monoisotopic (exact) mass is 495 g/mol. The molecular formula is C25H27ClFN7O. The number of halogens is 2. The number of pyridine rings is 2. The first-order valence-electron chi connectivity index (χ1n) is 11.3. The summed E-state index contributed by atoms with van der Waals surface area (Å²) in [5.74, 6) is -0.610.